The van der Waals surface area contributed by atoms with Gasteiger partial charge in [-0.3, -0.25) is 9.59 Å². The number of nitrogens with one attached hydrogen (secondary N) is 1. The number of rotatable bonds is 8. The number of esters is 1. The van der Waals surface area contributed by atoms with Gasteiger partial charge in [0.25, 0.3) is 17.7 Å². The van der Waals surface area contributed by atoms with Gasteiger partial charge in [-0.15, -0.1) is 21.5 Å². The predicted molar refractivity (Wildman–Crippen MR) is 104 cm³/mol. The third-order valence-electron chi connectivity index (χ3n) is 3.87. The maximum absolute atomic E-state index is 12.3. The van der Waals surface area contributed by atoms with Crippen molar-refractivity contribution in [2.45, 2.75) is 13.0 Å². The van der Waals surface area contributed by atoms with E-state index in [0.29, 0.717) is 23.0 Å². The molecular weight excluding hydrogens is 398 g/mol. The van der Waals surface area contributed by atoms with Crippen molar-refractivity contribution >= 4 is 23.2 Å². The van der Waals surface area contributed by atoms with Crippen LogP contribution in [0.3, 0.4) is 0 Å². The number of carbonyl (C=O) groups excluding carboxylic acids is 2. The van der Waals surface area contributed by atoms with E-state index in [4.69, 9.17) is 18.6 Å². The number of hydrogen-bond acceptors (Lipinski definition) is 9. The molecule has 1 N–H and O–H groups in total. The predicted octanol–water partition coefficient (Wildman–Crippen LogP) is 2.85. The number of thiophene rings is 1. The second-order valence-electron chi connectivity index (χ2n) is 5.81. The van der Waals surface area contributed by atoms with E-state index < -0.39 is 18.0 Å². The first-order chi connectivity index (χ1) is 14.0. The van der Waals surface area contributed by atoms with E-state index >= 15 is 0 Å². The van der Waals surface area contributed by atoms with Gasteiger partial charge in [-0.25, -0.2) is 0 Å². The molecule has 1 atom stereocenters. The van der Waals surface area contributed by atoms with Crippen molar-refractivity contribution in [1.29, 1.82) is 0 Å². The Labute approximate surface area is 170 Å². The smallest absolute Gasteiger partial charge is 0.326 e. The topological polar surface area (TPSA) is 113 Å². The fourth-order valence-corrected chi connectivity index (χ4v) is 3.06. The summed E-state index contributed by atoms with van der Waals surface area (Å²) in [6, 6.07) is 8.41. The lowest BCUT2D eigenvalue weighted by Crippen LogP contribution is -2.31. The quantitative estimate of drug-likeness (QED) is 0.557. The molecule has 2 aromatic heterocycles. The van der Waals surface area contributed by atoms with Crippen LogP contribution < -0.4 is 14.8 Å². The van der Waals surface area contributed by atoms with Gasteiger partial charge in [0.1, 0.15) is 6.54 Å². The molecule has 1 unspecified atom stereocenters. The number of benzene rings is 1. The standard InChI is InChI=1S/C19H19N3O6S/c1-11(18-21-22-19(28-18)15-5-4-8-29-15)27-16(23)10-20-17(24)12-6-7-13(25-2)14(9-12)26-3/h4-9,11H,10H2,1-3H3,(H,20,24). The molecule has 29 heavy (non-hydrogen) atoms. The van der Waals surface area contributed by atoms with Gasteiger partial charge in [-0.1, -0.05) is 6.07 Å². The number of carbonyl (C=O) groups is 2. The summed E-state index contributed by atoms with van der Waals surface area (Å²) in [6.07, 6.45) is -0.748. The molecule has 0 bridgehead atoms. The SMILES string of the molecule is COc1ccc(C(=O)NCC(=O)OC(C)c2nnc(-c3cccs3)o2)cc1OC. The third-order valence-corrected chi connectivity index (χ3v) is 4.73. The van der Waals surface area contributed by atoms with E-state index in [1.54, 1.807) is 19.1 Å². The number of nitrogens with zero attached hydrogens (tertiary/aromatic N) is 2. The van der Waals surface area contributed by atoms with E-state index in [2.05, 4.69) is 15.5 Å². The van der Waals surface area contributed by atoms with Crippen LogP contribution in [0, 0.1) is 0 Å². The largest absolute Gasteiger partial charge is 0.493 e. The number of amides is 1. The summed E-state index contributed by atoms with van der Waals surface area (Å²) in [5, 5.41) is 12.2. The minimum absolute atomic E-state index is 0.174. The average molecular weight is 417 g/mol. The lowest BCUT2D eigenvalue weighted by Gasteiger charge is -2.11. The Morgan fingerprint density at radius 1 is 1.17 bits per heavy atom. The van der Waals surface area contributed by atoms with Crippen molar-refractivity contribution in [3.63, 3.8) is 0 Å². The molecule has 0 fully saturated rings. The minimum Gasteiger partial charge on any atom is -0.493 e. The summed E-state index contributed by atoms with van der Waals surface area (Å²) in [7, 11) is 2.97. The van der Waals surface area contributed by atoms with Gasteiger partial charge in [-0.2, -0.15) is 0 Å². The van der Waals surface area contributed by atoms with Crippen LogP contribution in [0.5, 0.6) is 11.5 Å². The lowest BCUT2D eigenvalue weighted by molar-refractivity contribution is -0.148. The zero-order valence-electron chi connectivity index (χ0n) is 16.0. The first-order valence-electron chi connectivity index (χ1n) is 8.58. The van der Waals surface area contributed by atoms with Crippen molar-refractivity contribution < 1.29 is 28.2 Å². The second kappa shape index (κ2) is 9.20. The molecule has 0 aliphatic rings. The van der Waals surface area contributed by atoms with Crippen molar-refractivity contribution in [3.8, 4) is 22.3 Å². The van der Waals surface area contributed by atoms with Crippen molar-refractivity contribution in [1.82, 2.24) is 15.5 Å². The lowest BCUT2D eigenvalue weighted by atomic mass is 10.2. The number of ether oxygens (including phenoxy) is 3. The first-order valence-corrected chi connectivity index (χ1v) is 9.46. The Morgan fingerprint density at radius 2 is 1.97 bits per heavy atom. The average Bonchev–Trinajstić information content (AvgIpc) is 3.43. The molecule has 0 radical (unpaired) electrons. The van der Waals surface area contributed by atoms with Crippen LogP contribution in [0.4, 0.5) is 0 Å². The summed E-state index contributed by atoms with van der Waals surface area (Å²) in [4.78, 5) is 25.1. The Bertz CT molecular complexity index is 986. The molecule has 0 saturated carbocycles. The second-order valence-corrected chi connectivity index (χ2v) is 6.75. The van der Waals surface area contributed by atoms with Gasteiger partial charge >= 0.3 is 5.97 Å². The Balaban J connectivity index is 1.53. The van der Waals surface area contributed by atoms with Gasteiger partial charge < -0.3 is 23.9 Å². The summed E-state index contributed by atoms with van der Waals surface area (Å²) in [6.45, 7) is 1.29. The first kappa shape index (κ1) is 20.3. The van der Waals surface area contributed by atoms with Crippen LogP contribution in [-0.2, 0) is 9.53 Å². The van der Waals surface area contributed by atoms with Crippen LogP contribution in [-0.4, -0.2) is 42.8 Å². The van der Waals surface area contributed by atoms with Crippen LogP contribution in [0.25, 0.3) is 10.8 Å². The number of aromatic nitrogens is 2. The highest BCUT2D eigenvalue weighted by Crippen LogP contribution is 2.28. The molecule has 0 spiro atoms. The van der Waals surface area contributed by atoms with Gasteiger partial charge in [0.2, 0.25) is 0 Å². The highest BCUT2D eigenvalue weighted by molar-refractivity contribution is 7.13. The Kier molecular flexibility index (Phi) is 6.45. The fourth-order valence-electron chi connectivity index (χ4n) is 2.42. The van der Waals surface area contributed by atoms with E-state index in [1.807, 2.05) is 17.5 Å². The molecule has 9 nitrogen and oxygen atoms in total. The Morgan fingerprint density at radius 3 is 2.66 bits per heavy atom. The van der Waals surface area contributed by atoms with E-state index in [0.717, 1.165) is 4.88 Å². The van der Waals surface area contributed by atoms with Crippen molar-refractivity contribution in [2.75, 3.05) is 20.8 Å². The maximum Gasteiger partial charge on any atom is 0.326 e. The summed E-state index contributed by atoms with van der Waals surface area (Å²) in [5.74, 6) is 0.358. The van der Waals surface area contributed by atoms with Crippen LogP contribution >= 0.6 is 11.3 Å². The van der Waals surface area contributed by atoms with Gasteiger partial charge in [0, 0.05) is 5.56 Å². The molecule has 2 heterocycles. The van der Waals surface area contributed by atoms with Gasteiger partial charge in [-0.05, 0) is 36.6 Å². The van der Waals surface area contributed by atoms with Crippen LogP contribution in [0.2, 0.25) is 0 Å². The van der Waals surface area contributed by atoms with Gasteiger partial charge in [0.15, 0.2) is 17.6 Å². The third kappa shape index (κ3) is 4.91. The molecule has 0 aliphatic carbocycles. The minimum atomic E-state index is -0.748. The molecule has 3 aromatic rings. The molecular formula is C19H19N3O6S. The highest BCUT2D eigenvalue weighted by atomic mass is 32.1. The van der Waals surface area contributed by atoms with Crippen molar-refractivity contribution in [3.05, 3.63) is 47.2 Å². The molecule has 152 valence electrons. The molecule has 0 aliphatic heterocycles. The van der Waals surface area contributed by atoms with E-state index in [-0.39, 0.29) is 12.4 Å². The van der Waals surface area contributed by atoms with Crippen LogP contribution in [0.15, 0.2) is 40.1 Å². The molecule has 3 rings (SSSR count). The maximum atomic E-state index is 12.3. The molecule has 1 aromatic carbocycles. The zero-order valence-corrected chi connectivity index (χ0v) is 16.8. The summed E-state index contributed by atoms with van der Waals surface area (Å²) in [5.41, 5.74) is 0.320. The summed E-state index contributed by atoms with van der Waals surface area (Å²) < 4.78 is 21.1. The monoisotopic (exact) mass is 417 g/mol. The van der Waals surface area contributed by atoms with Gasteiger partial charge in [0.05, 0.1) is 19.1 Å². The van der Waals surface area contributed by atoms with Crippen LogP contribution in [0.1, 0.15) is 29.3 Å². The molecule has 0 saturated heterocycles. The van der Waals surface area contributed by atoms with E-state index in [1.165, 1.54) is 31.6 Å². The molecule has 10 heteroatoms. The van der Waals surface area contributed by atoms with Crippen molar-refractivity contribution in [2.24, 2.45) is 0 Å². The van der Waals surface area contributed by atoms with E-state index in [9.17, 15) is 9.59 Å². The number of methoxy groups -OCH3 is 2. The molecule has 1 amide bonds. The normalized spacial score (nSPS) is 11.6. The number of hydrogen-bond donors (Lipinski definition) is 1. The Hall–Kier alpha value is -3.40. The zero-order chi connectivity index (χ0) is 20.8. The highest BCUT2D eigenvalue weighted by Gasteiger charge is 2.20. The summed E-state index contributed by atoms with van der Waals surface area (Å²) >= 11 is 1.46. The fraction of sp³-hybridized carbons (Fsp3) is 0.263.